The Morgan fingerprint density at radius 1 is 0.672 bits per heavy atom. The molecule has 0 bridgehead atoms. The van der Waals surface area contributed by atoms with E-state index in [9.17, 15) is 33.9 Å². The average molecular weight is 818 g/mol. The molecular formula is C47H83N3O8. The van der Waals surface area contributed by atoms with Crippen LogP contribution >= 0.6 is 0 Å². The molecule has 6 atom stereocenters. The monoisotopic (exact) mass is 818 g/mol. The van der Waals surface area contributed by atoms with E-state index in [1.807, 2.05) is 53.6 Å². The molecule has 2 aliphatic rings. The largest absolute Gasteiger partial charge is 0.481 e. The number of hydrogen-bond donors (Lipinski definition) is 1. The third-order valence-corrected chi connectivity index (χ3v) is 13.8. The van der Waals surface area contributed by atoms with Crippen molar-refractivity contribution in [2.24, 2.45) is 51.8 Å². The molecule has 0 radical (unpaired) electrons. The summed E-state index contributed by atoms with van der Waals surface area (Å²) in [6, 6.07) is 0. The van der Waals surface area contributed by atoms with Crippen molar-refractivity contribution in [3.05, 3.63) is 0 Å². The first-order valence-corrected chi connectivity index (χ1v) is 22.9. The zero-order valence-corrected chi connectivity index (χ0v) is 38.8. The highest BCUT2D eigenvalue weighted by atomic mass is 16.5. The van der Waals surface area contributed by atoms with Crippen LogP contribution in [0.5, 0.6) is 0 Å². The average Bonchev–Trinajstić information content (AvgIpc) is 3.53. The zero-order chi connectivity index (χ0) is 44.0. The summed E-state index contributed by atoms with van der Waals surface area (Å²) < 4.78 is 5.20. The van der Waals surface area contributed by atoms with Crippen LogP contribution in [0, 0.1) is 51.8 Å². The van der Waals surface area contributed by atoms with Crippen LogP contribution in [0.2, 0.25) is 0 Å². The number of imide groups is 2. The van der Waals surface area contributed by atoms with E-state index < -0.39 is 63.7 Å². The lowest BCUT2D eigenvalue weighted by Crippen LogP contribution is -2.41. The third kappa shape index (κ3) is 13.6. The summed E-state index contributed by atoms with van der Waals surface area (Å²) in [7, 11) is 3.94. The maximum Gasteiger partial charge on any atom is 0.309 e. The van der Waals surface area contributed by atoms with Gasteiger partial charge in [-0.15, -0.1) is 0 Å². The van der Waals surface area contributed by atoms with Gasteiger partial charge in [0.1, 0.15) is 0 Å². The van der Waals surface area contributed by atoms with Gasteiger partial charge in [-0.05, 0) is 82.3 Å². The molecule has 11 heteroatoms. The number of aliphatic carboxylic acids is 1. The van der Waals surface area contributed by atoms with E-state index in [1.165, 1.54) is 48.3 Å². The summed E-state index contributed by atoms with van der Waals surface area (Å²) in [5.74, 6) is -6.65. The number of carboxylic acid groups (broad SMARTS) is 1. The summed E-state index contributed by atoms with van der Waals surface area (Å²) in [5, 5.41) is 10.3. The van der Waals surface area contributed by atoms with Gasteiger partial charge in [0, 0.05) is 13.1 Å². The number of esters is 1. The number of nitrogens with zero attached hydrogens (tertiary/aromatic N) is 3. The second kappa shape index (κ2) is 23.3. The van der Waals surface area contributed by atoms with Gasteiger partial charge in [-0.3, -0.25) is 38.6 Å². The molecule has 2 heterocycles. The van der Waals surface area contributed by atoms with Crippen LogP contribution in [-0.4, -0.2) is 95.7 Å². The lowest BCUT2D eigenvalue weighted by atomic mass is 9.64. The molecule has 2 aliphatic heterocycles. The normalized spacial score (nSPS) is 21.7. The van der Waals surface area contributed by atoms with E-state index in [2.05, 4.69) is 20.8 Å². The summed E-state index contributed by atoms with van der Waals surface area (Å²) >= 11 is 0. The van der Waals surface area contributed by atoms with E-state index >= 15 is 0 Å². The molecule has 2 fully saturated rings. The molecular weight excluding hydrogens is 735 g/mol. The maximum atomic E-state index is 14.5. The quantitative estimate of drug-likeness (QED) is 0.0445. The molecule has 4 amide bonds. The Kier molecular flexibility index (Phi) is 20.6. The van der Waals surface area contributed by atoms with Gasteiger partial charge >= 0.3 is 11.9 Å². The van der Waals surface area contributed by atoms with E-state index in [0.29, 0.717) is 38.8 Å². The third-order valence-electron chi connectivity index (χ3n) is 13.8. The van der Waals surface area contributed by atoms with Crippen LogP contribution < -0.4 is 0 Å². The first-order chi connectivity index (χ1) is 27.1. The van der Waals surface area contributed by atoms with Gasteiger partial charge in [-0.1, -0.05) is 127 Å². The highest BCUT2D eigenvalue weighted by molar-refractivity contribution is 6.06. The van der Waals surface area contributed by atoms with Gasteiger partial charge in [-0.2, -0.15) is 0 Å². The Morgan fingerprint density at radius 2 is 1.12 bits per heavy atom. The SMILES string of the molecule is CCCCCCCCCCCCN1C(=O)C(CCC(C)(C)C(C(=O)O)C(C)C(=O)OCC)C(C(C)(C)CCC2C(=O)N(CCCN(C)C)C(=O)C2C(C)(C)CC)C1=O. The molecule has 2 rings (SSSR count). The second-order valence-corrected chi connectivity index (χ2v) is 19.9. The van der Waals surface area contributed by atoms with Crippen LogP contribution in [-0.2, 0) is 33.5 Å². The van der Waals surface area contributed by atoms with Crippen molar-refractivity contribution >= 4 is 35.6 Å². The molecule has 58 heavy (non-hydrogen) atoms. The maximum absolute atomic E-state index is 14.5. The number of carbonyl (C=O) groups is 6. The smallest absolute Gasteiger partial charge is 0.309 e. The van der Waals surface area contributed by atoms with Crippen LogP contribution in [0.25, 0.3) is 0 Å². The highest BCUT2D eigenvalue weighted by Gasteiger charge is 2.56. The van der Waals surface area contributed by atoms with Gasteiger partial charge in [0.2, 0.25) is 23.6 Å². The van der Waals surface area contributed by atoms with Gasteiger partial charge in [0.15, 0.2) is 0 Å². The van der Waals surface area contributed by atoms with Crippen LogP contribution in [0.4, 0.5) is 0 Å². The van der Waals surface area contributed by atoms with Crippen LogP contribution in [0.3, 0.4) is 0 Å². The first kappa shape index (κ1) is 51.3. The van der Waals surface area contributed by atoms with Crippen LogP contribution in [0.1, 0.15) is 172 Å². The minimum atomic E-state index is -1.10. The molecule has 334 valence electrons. The van der Waals surface area contributed by atoms with Crippen molar-refractivity contribution in [2.45, 2.75) is 172 Å². The number of ether oxygens (including phenoxy) is 1. The standard InChI is InChI=1S/C47H83N3O8/c1-13-16-17-18-19-20-21-22-23-24-31-49-40(52)35(26-28-46(7,8)36(43(55)56)33(4)44(57)58-15-3)38(42(49)54)47(9,10)29-27-34-37(45(5,6)14-2)41(53)50(39(34)51)32-25-30-48(11)12/h33-38H,13-32H2,1-12H3,(H,55,56). The molecule has 0 aromatic carbocycles. The molecule has 2 saturated heterocycles. The topological polar surface area (TPSA) is 142 Å². The lowest BCUT2D eigenvalue weighted by molar-refractivity contribution is -0.161. The number of carboxylic acids is 1. The summed E-state index contributed by atoms with van der Waals surface area (Å²) in [4.78, 5) is 87.3. The molecule has 6 unspecified atom stereocenters. The van der Waals surface area contributed by atoms with E-state index in [4.69, 9.17) is 4.74 Å². The minimum absolute atomic E-state index is 0.113. The van der Waals surface area contributed by atoms with Crippen molar-refractivity contribution in [3.63, 3.8) is 0 Å². The second-order valence-electron chi connectivity index (χ2n) is 19.9. The van der Waals surface area contributed by atoms with Gasteiger partial charge < -0.3 is 14.7 Å². The van der Waals surface area contributed by atoms with Crippen molar-refractivity contribution < 1.29 is 38.6 Å². The zero-order valence-electron chi connectivity index (χ0n) is 38.8. The fourth-order valence-electron chi connectivity index (χ4n) is 9.88. The van der Waals surface area contributed by atoms with Crippen molar-refractivity contribution in [2.75, 3.05) is 40.3 Å². The van der Waals surface area contributed by atoms with E-state index in [1.54, 1.807) is 13.8 Å². The minimum Gasteiger partial charge on any atom is -0.481 e. The Morgan fingerprint density at radius 3 is 1.57 bits per heavy atom. The number of likely N-dealkylation sites (tertiary alicyclic amines) is 2. The van der Waals surface area contributed by atoms with Crippen molar-refractivity contribution in [1.82, 2.24) is 14.7 Å². The molecule has 0 aliphatic carbocycles. The van der Waals surface area contributed by atoms with Crippen molar-refractivity contribution in [3.8, 4) is 0 Å². The Balaban J connectivity index is 2.37. The Hall–Kier alpha value is -2.82. The lowest BCUT2D eigenvalue weighted by Gasteiger charge is -2.38. The summed E-state index contributed by atoms with van der Waals surface area (Å²) in [5.41, 5.74) is -2.01. The first-order valence-electron chi connectivity index (χ1n) is 22.9. The number of hydrogen-bond acceptors (Lipinski definition) is 8. The Labute approximate surface area is 352 Å². The fraction of sp³-hybridized carbons (Fsp3) is 0.872. The summed E-state index contributed by atoms with van der Waals surface area (Å²) in [6.45, 7) is 20.9. The Bertz CT molecular complexity index is 1370. The van der Waals surface area contributed by atoms with Crippen molar-refractivity contribution in [1.29, 1.82) is 0 Å². The number of carbonyl (C=O) groups excluding carboxylic acids is 5. The highest BCUT2D eigenvalue weighted by Crippen LogP contribution is 2.50. The molecule has 0 aromatic heterocycles. The number of amides is 4. The number of rotatable bonds is 29. The van der Waals surface area contributed by atoms with E-state index in [0.717, 1.165) is 38.6 Å². The van der Waals surface area contributed by atoms with E-state index in [-0.39, 0.29) is 36.7 Å². The van der Waals surface area contributed by atoms with Gasteiger partial charge in [0.25, 0.3) is 0 Å². The summed E-state index contributed by atoms with van der Waals surface area (Å²) in [6.07, 6.45) is 14.3. The predicted octanol–water partition coefficient (Wildman–Crippen LogP) is 9.01. The predicted molar refractivity (Wildman–Crippen MR) is 229 cm³/mol. The molecule has 11 nitrogen and oxygen atoms in total. The number of unbranched alkanes of at least 4 members (excludes halogenated alkanes) is 9. The fourth-order valence-corrected chi connectivity index (χ4v) is 9.88. The van der Waals surface area contributed by atoms with Gasteiger partial charge in [0.05, 0.1) is 42.1 Å². The molecule has 0 spiro atoms. The van der Waals surface area contributed by atoms with Crippen LogP contribution in [0.15, 0.2) is 0 Å². The molecule has 0 aromatic rings. The molecule has 0 saturated carbocycles. The van der Waals surface area contributed by atoms with Gasteiger partial charge in [-0.25, -0.2) is 0 Å². The molecule has 1 N–H and O–H groups in total.